The van der Waals surface area contributed by atoms with Crippen molar-refractivity contribution in [3.05, 3.63) is 4.77 Å². The molecule has 0 bridgehead atoms. The van der Waals surface area contributed by atoms with E-state index in [9.17, 15) is 0 Å². The zero-order chi connectivity index (χ0) is 8.60. The molecule has 1 saturated carbocycles. The molecule has 1 aromatic rings. The number of H-pyrrole nitrogens is 1. The van der Waals surface area contributed by atoms with Gasteiger partial charge in [0.2, 0.25) is 4.77 Å². The molecule has 12 heavy (non-hydrogen) atoms. The van der Waals surface area contributed by atoms with Crippen molar-refractivity contribution < 1.29 is 0 Å². The third-order valence-corrected chi connectivity index (χ3v) is 3.03. The van der Waals surface area contributed by atoms with Gasteiger partial charge in [0.1, 0.15) is 0 Å². The van der Waals surface area contributed by atoms with Crippen molar-refractivity contribution in [2.45, 2.75) is 32.7 Å². The molecule has 0 atom stereocenters. The minimum absolute atomic E-state index is 0.493. The van der Waals surface area contributed by atoms with E-state index >= 15 is 0 Å². The van der Waals surface area contributed by atoms with Crippen molar-refractivity contribution in [3.63, 3.8) is 0 Å². The first-order chi connectivity index (χ1) is 5.76. The molecule has 2 rings (SSSR count). The summed E-state index contributed by atoms with van der Waals surface area (Å²) >= 11 is 4.99. The maximum absolute atomic E-state index is 4.99. The molecular weight excluding hydrogens is 172 g/mol. The van der Waals surface area contributed by atoms with Crippen LogP contribution in [0, 0.1) is 10.2 Å². The lowest BCUT2D eigenvalue weighted by atomic mass is 10.0. The minimum Gasteiger partial charge on any atom is -0.242 e. The Morgan fingerprint density at radius 1 is 1.67 bits per heavy atom. The molecule has 0 saturated heterocycles. The van der Waals surface area contributed by atoms with E-state index < -0.39 is 0 Å². The predicted molar refractivity (Wildman–Crippen MR) is 47.2 cm³/mol. The summed E-state index contributed by atoms with van der Waals surface area (Å²) in [6.45, 7) is 3.18. The van der Waals surface area contributed by atoms with Crippen LogP contribution in [0.25, 0.3) is 0 Å². The van der Waals surface area contributed by atoms with Gasteiger partial charge in [-0.05, 0) is 36.9 Å². The number of hydrogen-bond donors (Lipinski definition) is 1. The lowest BCUT2D eigenvalue weighted by molar-refractivity contribution is 0.377. The lowest BCUT2D eigenvalue weighted by Gasteiger charge is -2.10. The molecule has 0 aliphatic heterocycles. The predicted octanol–water partition coefficient (Wildman–Crippen LogP) is 1.53. The minimum atomic E-state index is 0.493. The summed E-state index contributed by atoms with van der Waals surface area (Å²) in [5.74, 6) is 0. The Hall–Kier alpha value is -0.710. The van der Waals surface area contributed by atoms with Crippen LogP contribution in [-0.4, -0.2) is 20.2 Å². The molecule has 0 spiro atoms. The number of nitrogens with one attached hydrogen (secondary N) is 1. The number of aromatic amines is 1. The van der Waals surface area contributed by atoms with Crippen LogP contribution in [0.4, 0.5) is 0 Å². The normalized spacial score (nSPS) is 19.4. The lowest BCUT2D eigenvalue weighted by Crippen LogP contribution is -2.12. The standard InChI is InChI=1S/C7H12N4S/c1-2-7(3-4-7)5-11-6(12)8-9-10-11/h2-5H2,1H3,(H,8,10,12). The van der Waals surface area contributed by atoms with Gasteiger partial charge in [-0.2, -0.15) is 5.21 Å². The van der Waals surface area contributed by atoms with Gasteiger partial charge in [-0.3, -0.25) is 0 Å². The van der Waals surface area contributed by atoms with Crippen molar-refractivity contribution in [1.82, 2.24) is 20.2 Å². The fraction of sp³-hybridized carbons (Fsp3) is 0.857. The van der Waals surface area contributed by atoms with E-state index in [0.29, 0.717) is 10.2 Å². The van der Waals surface area contributed by atoms with E-state index in [4.69, 9.17) is 12.2 Å². The molecule has 1 N–H and O–H groups in total. The molecule has 0 amide bonds. The molecule has 0 radical (unpaired) electrons. The Kier molecular flexibility index (Phi) is 1.75. The molecule has 66 valence electrons. The molecule has 5 heteroatoms. The van der Waals surface area contributed by atoms with Gasteiger partial charge in [0.25, 0.3) is 0 Å². The van der Waals surface area contributed by atoms with Crippen molar-refractivity contribution in [1.29, 1.82) is 0 Å². The summed E-state index contributed by atoms with van der Waals surface area (Å²) in [6, 6.07) is 0. The quantitative estimate of drug-likeness (QED) is 0.724. The van der Waals surface area contributed by atoms with Crippen LogP contribution in [0.1, 0.15) is 26.2 Å². The zero-order valence-electron chi connectivity index (χ0n) is 7.08. The molecule has 1 fully saturated rings. The first kappa shape index (κ1) is 7.91. The number of aromatic nitrogens is 4. The van der Waals surface area contributed by atoms with E-state index in [1.165, 1.54) is 19.3 Å². The Bertz CT molecular complexity index is 322. The summed E-state index contributed by atoms with van der Waals surface area (Å²) in [7, 11) is 0. The number of nitrogens with zero attached hydrogens (tertiary/aromatic N) is 3. The summed E-state index contributed by atoms with van der Waals surface area (Å²) in [4.78, 5) is 0. The van der Waals surface area contributed by atoms with Crippen molar-refractivity contribution in [2.75, 3.05) is 0 Å². The van der Waals surface area contributed by atoms with E-state index in [1.807, 2.05) is 4.68 Å². The van der Waals surface area contributed by atoms with Gasteiger partial charge >= 0.3 is 0 Å². The first-order valence-electron chi connectivity index (χ1n) is 4.24. The maximum Gasteiger partial charge on any atom is 0.238 e. The summed E-state index contributed by atoms with van der Waals surface area (Å²) < 4.78 is 2.42. The highest BCUT2D eigenvalue weighted by Gasteiger charge is 2.41. The first-order valence-corrected chi connectivity index (χ1v) is 4.64. The second-order valence-electron chi connectivity index (χ2n) is 3.52. The molecule has 4 nitrogen and oxygen atoms in total. The smallest absolute Gasteiger partial charge is 0.238 e. The zero-order valence-corrected chi connectivity index (χ0v) is 7.89. The monoisotopic (exact) mass is 184 g/mol. The van der Waals surface area contributed by atoms with Gasteiger partial charge < -0.3 is 0 Å². The van der Waals surface area contributed by atoms with Gasteiger partial charge in [0, 0.05) is 6.54 Å². The highest BCUT2D eigenvalue weighted by atomic mass is 32.1. The van der Waals surface area contributed by atoms with Crippen LogP contribution in [0.5, 0.6) is 0 Å². The average molecular weight is 184 g/mol. The Balaban J connectivity index is 2.14. The Morgan fingerprint density at radius 3 is 2.83 bits per heavy atom. The summed E-state index contributed by atoms with van der Waals surface area (Å²) in [5.41, 5.74) is 0.493. The van der Waals surface area contributed by atoms with Crippen LogP contribution in [0.2, 0.25) is 0 Å². The van der Waals surface area contributed by atoms with E-state index in [0.717, 1.165) is 6.54 Å². The highest BCUT2D eigenvalue weighted by molar-refractivity contribution is 7.71. The summed E-state index contributed by atoms with van der Waals surface area (Å²) in [6.07, 6.45) is 3.84. The van der Waals surface area contributed by atoms with Gasteiger partial charge in [-0.15, -0.1) is 0 Å². The SMILES string of the molecule is CCC1(Cn2[nH]nnc2=S)CC1. The third-order valence-electron chi connectivity index (χ3n) is 2.73. The largest absolute Gasteiger partial charge is 0.242 e. The van der Waals surface area contributed by atoms with Gasteiger partial charge in [-0.25, -0.2) is 4.68 Å². The van der Waals surface area contributed by atoms with Crippen molar-refractivity contribution in [2.24, 2.45) is 5.41 Å². The molecule has 0 aromatic carbocycles. The highest BCUT2D eigenvalue weighted by Crippen LogP contribution is 2.49. The van der Waals surface area contributed by atoms with Crippen LogP contribution >= 0.6 is 12.2 Å². The van der Waals surface area contributed by atoms with Gasteiger partial charge in [0.05, 0.1) is 0 Å². The molecule has 1 aliphatic carbocycles. The second-order valence-corrected chi connectivity index (χ2v) is 3.89. The maximum atomic E-state index is 4.99. The van der Waals surface area contributed by atoms with Gasteiger partial charge in [-0.1, -0.05) is 17.2 Å². The average Bonchev–Trinajstić information content (AvgIpc) is 2.74. The molecule has 1 aliphatic rings. The van der Waals surface area contributed by atoms with E-state index in [2.05, 4.69) is 22.4 Å². The third kappa shape index (κ3) is 1.29. The summed E-state index contributed by atoms with van der Waals surface area (Å²) in [5, 5.41) is 10.2. The van der Waals surface area contributed by atoms with Crippen LogP contribution in [0.15, 0.2) is 0 Å². The van der Waals surface area contributed by atoms with Crippen molar-refractivity contribution >= 4 is 12.2 Å². The van der Waals surface area contributed by atoms with Gasteiger partial charge in [0.15, 0.2) is 0 Å². The fourth-order valence-corrected chi connectivity index (χ4v) is 1.60. The fourth-order valence-electron chi connectivity index (χ4n) is 1.45. The van der Waals surface area contributed by atoms with E-state index in [-0.39, 0.29) is 0 Å². The molecule has 1 aromatic heterocycles. The number of hydrogen-bond acceptors (Lipinski definition) is 3. The van der Waals surface area contributed by atoms with E-state index in [1.54, 1.807) is 0 Å². The molecule has 0 unspecified atom stereocenters. The van der Waals surface area contributed by atoms with Crippen LogP contribution in [-0.2, 0) is 6.54 Å². The van der Waals surface area contributed by atoms with Crippen LogP contribution in [0.3, 0.4) is 0 Å². The Labute approximate surface area is 76.0 Å². The number of tetrazole rings is 1. The Morgan fingerprint density at radius 2 is 2.42 bits per heavy atom. The molecular formula is C7H12N4S. The van der Waals surface area contributed by atoms with Crippen LogP contribution < -0.4 is 0 Å². The molecule has 1 heterocycles. The number of rotatable bonds is 3. The second kappa shape index (κ2) is 2.65. The van der Waals surface area contributed by atoms with Crippen molar-refractivity contribution in [3.8, 4) is 0 Å². The topological polar surface area (TPSA) is 46.5 Å².